The van der Waals surface area contributed by atoms with Gasteiger partial charge >= 0.3 is 6.18 Å². The second-order valence-electron chi connectivity index (χ2n) is 3.21. The van der Waals surface area contributed by atoms with Gasteiger partial charge in [0.05, 0.1) is 11.9 Å². The van der Waals surface area contributed by atoms with Crippen LogP contribution in [0.3, 0.4) is 0 Å². The van der Waals surface area contributed by atoms with E-state index >= 15 is 0 Å². The quantitative estimate of drug-likeness (QED) is 0.815. The van der Waals surface area contributed by atoms with E-state index in [4.69, 9.17) is 5.73 Å². The number of aromatic nitrogens is 1. The Hall–Kier alpha value is -1.30. The summed E-state index contributed by atoms with van der Waals surface area (Å²) in [5.74, 6) is 0. The van der Waals surface area contributed by atoms with Gasteiger partial charge in [-0.1, -0.05) is 0 Å². The monoisotopic (exact) mass is 219 g/mol. The van der Waals surface area contributed by atoms with E-state index in [2.05, 4.69) is 10.3 Å². The highest BCUT2D eigenvalue weighted by atomic mass is 19.4. The highest BCUT2D eigenvalue weighted by Gasteiger charge is 2.31. The molecule has 0 amide bonds. The Kier molecular flexibility index (Phi) is 3.52. The smallest absolute Gasteiger partial charge is 0.380 e. The van der Waals surface area contributed by atoms with Crippen LogP contribution >= 0.6 is 0 Å². The van der Waals surface area contributed by atoms with Crippen molar-refractivity contribution in [2.45, 2.75) is 19.1 Å². The molecule has 0 aliphatic carbocycles. The second-order valence-corrected chi connectivity index (χ2v) is 3.21. The number of nitrogens with zero attached hydrogens (tertiary/aromatic N) is 1. The van der Waals surface area contributed by atoms with Gasteiger partial charge in [0.15, 0.2) is 0 Å². The molecule has 1 aromatic rings. The summed E-state index contributed by atoms with van der Waals surface area (Å²) >= 11 is 0. The Balaban J connectivity index is 2.73. The van der Waals surface area contributed by atoms with Crippen LogP contribution in [-0.4, -0.2) is 17.6 Å². The first-order valence-corrected chi connectivity index (χ1v) is 4.43. The fourth-order valence-electron chi connectivity index (χ4n) is 0.990. The molecule has 3 nitrogen and oxygen atoms in total. The third-order valence-electron chi connectivity index (χ3n) is 1.82. The Bertz CT molecular complexity index is 307. The molecule has 6 heteroatoms. The second kappa shape index (κ2) is 4.48. The zero-order chi connectivity index (χ0) is 11.5. The average molecular weight is 219 g/mol. The van der Waals surface area contributed by atoms with Crippen LogP contribution in [0.1, 0.15) is 12.6 Å². The van der Waals surface area contributed by atoms with Crippen LogP contribution in [0, 0.1) is 0 Å². The van der Waals surface area contributed by atoms with Gasteiger partial charge in [0.1, 0.15) is 5.69 Å². The van der Waals surface area contributed by atoms with Gasteiger partial charge < -0.3 is 11.1 Å². The van der Waals surface area contributed by atoms with E-state index < -0.39 is 11.9 Å². The molecular formula is C9H12F3N3. The van der Waals surface area contributed by atoms with Crippen LogP contribution in [-0.2, 0) is 6.18 Å². The molecule has 1 atom stereocenters. The Morgan fingerprint density at radius 1 is 1.47 bits per heavy atom. The molecule has 0 radical (unpaired) electrons. The van der Waals surface area contributed by atoms with Gasteiger partial charge in [-0.25, -0.2) is 4.98 Å². The molecule has 1 unspecified atom stereocenters. The van der Waals surface area contributed by atoms with Crippen molar-refractivity contribution >= 4 is 5.69 Å². The van der Waals surface area contributed by atoms with Gasteiger partial charge in [0.2, 0.25) is 0 Å². The Morgan fingerprint density at radius 3 is 2.53 bits per heavy atom. The summed E-state index contributed by atoms with van der Waals surface area (Å²) in [6, 6.07) is 2.27. The third kappa shape index (κ3) is 3.39. The lowest BCUT2D eigenvalue weighted by Crippen LogP contribution is -2.25. The van der Waals surface area contributed by atoms with Crippen LogP contribution in [0.15, 0.2) is 18.3 Å². The molecule has 0 aliphatic heterocycles. The number of alkyl halides is 3. The topological polar surface area (TPSA) is 50.9 Å². The van der Waals surface area contributed by atoms with Crippen LogP contribution in [0.2, 0.25) is 0 Å². The molecule has 1 heterocycles. The average Bonchev–Trinajstić information content (AvgIpc) is 2.17. The number of nitrogens with two attached hydrogens (primary N) is 1. The molecule has 0 fully saturated rings. The van der Waals surface area contributed by atoms with Crippen molar-refractivity contribution < 1.29 is 13.2 Å². The SMILES string of the molecule is CC(CN)Nc1ccc(C(F)(F)F)nc1. The van der Waals surface area contributed by atoms with Crippen LogP contribution < -0.4 is 11.1 Å². The van der Waals surface area contributed by atoms with Gasteiger partial charge in [-0.3, -0.25) is 0 Å². The predicted octanol–water partition coefficient (Wildman–Crippen LogP) is 1.86. The number of rotatable bonds is 3. The van der Waals surface area contributed by atoms with E-state index in [1.165, 1.54) is 6.07 Å². The largest absolute Gasteiger partial charge is 0.433 e. The van der Waals surface area contributed by atoms with E-state index in [1.807, 2.05) is 6.92 Å². The lowest BCUT2D eigenvalue weighted by molar-refractivity contribution is -0.141. The minimum atomic E-state index is -4.39. The molecule has 0 saturated heterocycles. The van der Waals surface area contributed by atoms with Crippen molar-refractivity contribution in [3.05, 3.63) is 24.0 Å². The van der Waals surface area contributed by atoms with E-state index in [9.17, 15) is 13.2 Å². The summed E-state index contributed by atoms with van der Waals surface area (Å²) in [4.78, 5) is 3.31. The summed E-state index contributed by atoms with van der Waals surface area (Å²) in [5, 5.41) is 2.92. The molecule has 0 saturated carbocycles. The maximum absolute atomic E-state index is 12.1. The van der Waals surface area contributed by atoms with Gasteiger partial charge in [-0.05, 0) is 19.1 Å². The molecule has 0 spiro atoms. The lowest BCUT2D eigenvalue weighted by Gasteiger charge is -2.13. The van der Waals surface area contributed by atoms with Crippen LogP contribution in [0.5, 0.6) is 0 Å². The normalized spacial score (nSPS) is 13.7. The van der Waals surface area contributed by atoms with Gasteiger partial charge in [-0.15, -0.1) is 0 Å². The lowest BCUT2D eigenvalue weighted by atomic mass is 10.3. The van der Waals surface area contributed by atoms with E-state index in [0.29, 0.717) is 12.2 Å². The molecule has 0 bridgehead atoms. The molecular weight excluding hydrogens is 207 g/mol. The Labute approximate surface area is 85.5 Å². The molecule has 1 aromatic heterocycles. The highest BCUT2D eigenvalue weighted by Crippen LogP contribution is 2.27. The summed E-state index contributed by atoms with van der Waals surface area (Å²) in [5.41, 5.74) is 4.99. The molecule has 0 aromatic carbocycles. The first kappa shape index (κ1) is 11.8. The number of halogens is 3. The fraction of sp³-hybridized carbons (Fsp3) is 0.444. The molecule has 1 rings (SSSR count). The van der Waals surface area contributed by atoms with Crippen molar-refractivity contribution in [3.63, 3.8) is 0 Å². The summed E-state index contributed by atoms with van der Waals surface area (Å²) < 4.78 is 36.4. The summed E-state index contributed by atoms with van der Waals surface area (Å²) in [6.07, 6.45) is -3.24. The number of nitrogens with one attached hydrogen (secondary N) is 1. The molecule has 0 aliphatic rings. The number of hydrogen-bond acceptors (Lipinski definition) is 3. The molecule has 84 valence electrons. The highest BCUT2D eigenvalue weighted by molar-refractivity contribution is 5.42. The fourth-order valence-corrected chi connectivity index (χ4v) is 0.990. The first-order valence-electron chi connectivity index (χ1n) is 4.43. The van der Waals surface area contributed by atoms with Crippen LogP contribution in [0.25, 0.3) is 0 Å². The van der Waals surface area contributed by atoms with Crippen molar-refractivity contribution in [2.24, 2.45) is 5.73 Å². The molecule has 15 heavy (non-hydrogen) atoms. The predicted molar refractivity (Wildman–Crippen MR) is 51.4 cm³/mol. The van der Waals surface area contributed by atoms with E-state index in [0.717, 1.165) is 12.3 Å². The maximum Gasteiger partial charge on any atom is 0.433 e. The minimum absolute atomic E-state index is 0.00327. The van der Waals surface area contributed by atoms with Gasteiger partial charge in [0.25, 0.3) is 0 Å². The van der Waals surface area contributed by atoms with Gasteiger partial charge in [0, 0.05) is 12.6 Å². The Morgan fingerprint density at radius 2 is 2.13 bits per heavy atom. The van der Waals surface area contributed by atoms with Crippen molar-refractivity contribution in [1.82, 2.24) is 4.98 Å². The number of pyridine rings is 1. The molecule has 3 N–H and O–H groups in total. The summed E-state index contributed by atoms with van der Waals surface area (Å²) in [6.45, 7) is 2.23. The van der Waals surface area contributed by atoms with Crippen molar-refractivity contribution in [3.8, 4) is 0 Å². The first-order chi connectivity index (χ1) is 6.93. The van der Waals surface area contributed by atoms with E-state index in [1.54, 1.807) is 0 Å². The summed E-state index contributed by atoms with van der Waals surface area (Å²) in [7, 11) is 0. The van der Waals surface area contributed by atoms with Crippen molar-refractivity contribution in [1.29, 1.82) is 0 Å². The van der Waals surface area contributed by atoms with Gasteiger partial charge in [-0.2, -0.15) is 13.2 Å². The zero-order valence-electron chi connectivity index (χ0n) is 8.17. The maximum atomic E-state index is 12.1. The standard InChI is InChI=1S/C9H12F3N3/c1-6(4-13)15-7-2-3-8(14-5-7)9(10,11)12/h2-3,5-6,15H,4,13H2,1H3. The zero-order valence-corrected chi connectivity index (χ0v) is 8.17. The minimum Gasteiger partial charge on any atom is -0.380 e. The number of hydrogen-bond donors (Lipinski definition) is 2. The van der Waals surface area contributed by atoms with Crippen LogP contribution in [0.4, 0.5) is 18.9 Å². The van der Waals surface area contributed by atoms with E-state index in [-0.39, 0.29) is 6.04 Å². The van der Waals surface area contributed by atoms with Crippen molar-refractivity contribution in [2.75, 3.05) is 11.9 Å². The number of anilines is 1. The third-order valence-corrected chi connectivity index (χ3v) is 1.82.